The zero-order chi connectivity index (χ0) is 22.0. The summed E-state index contributed by atoms with van der Waals surface area (Å²) in [6, 6.07) is 13.1. The van der Waals surface area contributed by atoms with Gasteiger partial charge in [-0.2, -0.15) is 0 Å². The second-order valence-corrected chi connectivity index (χ2v) is 8.15. The van der Waals surface area contributed by atoms with Gasteiger partial charge in [0, 0.05) is 0 Å². The number of H-pyrrole nitrogens is 1. The largest absolute Gasteiger partial charge is 0.346 e. The summed E-state index contributed by atoms with van der Waals surface area (Å²) in [6.07, 6.45) is 0.514. The molecule has 1 aliphatic rings. The lowest BCUT2D eigenvalue weighted by molar-refractivity contribution is -0.126. The number of carbonyl (C=O) groups excluding carboxylic acids is 3. The fraction of sp³-hybridized carbons (Fsp3) is 0.304. The molecule has 2 heterocycles. The number of aromatic amines is 1. The molecule has 160 valence electrons. The predicted molar refractivity (Wildman–Crippen MR) is 117 cm³/mol. The molecule has 31 heavy (non-hydrogen) atoms. The molecule has 8 nitrogen and oxygen atoms in total. The van der Waals surface area contributed by atoms with Gasteiger partial charge in [0.1, 0.15) is 11.9 Å². The Morgan fingerprint density at radius 2 is 1.84 bits per heavy atom. The number of benzene rings is 2. The van der Waals surface area contributed by atoms with E-state index in [2.05, 4.69) is 39.8 Å². The second kappa shape index (κ2) is 8.59. The minimum atomic E-state index is -0.963. The minimum absolute atomic E-state index is 0.166. The number of hydrogen-bond donors (Lipinski definition) is 4. The van der Waals surface area contributed by atoms with E-state index in [1.54, 1.807) is 24.3 Å². The molecule has 2 aromatic carbocycles. The first-order valence-corrected chi connectivity index (χ1v) is 10.4. The van der Waals surface area contributed by atoms with Crippen molar-refractivity contribution in [3.8, 4) is 0 Å². The van der Waals surface area contributed by atoms with Crippen molar-refractivity contribution in [3.63, 3.8) is 0 Å². The van der Waals surface area contributed by atoms with Crippen molar-refractivity contribution in [2.75, 3.05) is 5.32 Å². The molecule has 1 aliphatic heterocycles. The lowest BCUT2D eigenvalue weighted by Gasteiger charge is -2.20. The molecular weight excluding hydrogens is 394 g/mol. The third-order valence-corrected chi connectivity index (χ3v) is 5.22. The predicted octanol–water partition coefficient (Wildman–Crippen LogP) is 2.91. The number of rotatable bonds is 6. The molecule has 1 unspecified atom stereocenters. The van der Waals surface area contributed by atoms with E-state index in [9.17, 15) is 14.4 Å². The number of nitrogens with one attached hydrogen (secondary N) is 4. The van der Waals surface area contributed by atoms with Crippen molar-refractivity contribution in [2.24, 2.45) is 5.92 Å². The van der Waals surface area contributed by atoms with Crippen LogP contribution in [-0.4, -0.2) is 33.7 Å². The molecule has 4 rings (SSSR count). The molecule has 3 aromatic rings. The molecule has 0 bridgehead atoms. The van der Waals surface area contributed by atoms with Crippen molar-refractivity contribution in [1.29, 1.82) is 0 Å². The Morgan fingerprint density at radius 3 is 2.61 bits per heavy atom. The van der Waals surface area contributed by atoms with Crippen LogP contribution >= 0.6 is 0 Å². The van der Waals surface area contributed by atoms with Gasteiger partial charge in [0.05, 0.1) is 34.7 Å². The first kappa shape index (κ1) is 20.6. The van der Waals surface area contributed by atoms with Crippen LogP contribution in [0.5, 0.6) is 0 Å². The Hall–Kier alpha value is -3.68. The van der Waals surface area contributed by atoms with Crippen LogP contribution in [0, 0.1) is 5.92 Å². The highest BCUT2D eigenvalue weighted by Crippen LogP contribution is 2.23. The van der Waals surface area contributed by atoms with Gasteiger partial charge in [-0.25, -0.2) is 4.98 Å². The summed E-state index contributed by atoms with van der Waals surface area (Å²) < 4.78 is 0. The molecule has 0 aliphatic carbocycles. The lowest BCUT2D eigenvalue weighted by Crippen LogP contribution is -2.45. The topological polar surface area (TPSA) is 116 Å². The molecule has 3 amide bonds. The Morgan fingerprint density at radius 1 is 1.10 bits per heavy atom. The number of anilines is 1. The van der Waals surface area contributed by atoms with Crippen LogP contribution in [0.3, 0.4) is 0 Å². The number of hydrogen-bond acceptors (Lipinski definition) is 4. The summed E-state index contributed by atoms with van der Waals surface area (Å²) in [5.74, 6) is -0.156. The van der Waals surface area contributed by atoms with E-state index in [4.69, 9.17) is 0 Å². The van der Waals surface area contributed by atoms with Gasteiger partial charge in [-0.05, 0) is 36.6 Å². The van der Waals surface area contributed by atoms with E-state index in [0.29, 0.717) is 29.4 Å². The maximum absolute atomic E-state index is 12.8. The number of carbonyl (C=O) groups is 3. The molecule has 4 N–H and O–H groups in total. The fourth-order valence-electron chi connectivity index (χ4n) is 3.74. The maximum atomic E-state index is 12.8. The van der Waals surface area contributed by atoms with Crippen LogP contribution < -0.4 is 16.0 Å². The molecular formula is C23H25N5O3. The zero-order valence-corrected chi connectivity index (χ0v) is 17.4. The highest BCUT2D eigenvalue weighted by atomic mass is 16.2. The van der Waals surface area contributed by atoms with Crippen LogP contribution in [-0.2, 0) is 9.59 Å². The Kier molecular flexibility index (Phi) is 5.70. The van der Waals surface area contributed by atoms with Crippen molar-refractivity contribution in [2.45, 2.75) is 38.8 Å². The number of para-hydroxylation sites is 3. The Bertz CT molecular complexity index is 1100. The van der Waals surface area contributed by atoms with E-state index in [-0.39, 0.29) is 24.3 Å². The monoisotopic (exact) mass is 419 g/mol. The Labute approximate surface area is 179 Å². The summed E-state index contributed by atoms with van der Waals surface area (Å²) in [4.78, 5) is 45.8. The van der Waals surface area contributed by atoms with E-state index in [1.165, 1.54) is 0 Å². The number of fused-ring (bicyclic) bond motifs is 2. The third-order valence-electron chi connectivity index (χ3n) is 5.22. The number of imidazole rings is 1. The van der Waals surface area contributed by atoms with Gasteiger partial charge in [0.25, 0.3) is 5.91 Å². The standard InChI is InChI=1S/C23H25N5O3/c1-13(2)11-18(21-25-16-9-5-6-10-17(16)26-21)24-20(29)12-19-23(31)27-15-8-4-3-7-14(15)22(30)28-19/h3-10,13,18-19H,11-12H2,1-2H3,(H,24,29)(H,25,26)(H,27,31)(H,28,30)/t18-,19?/m0/s1. The van der Waals surface area contributed by atoms with Crippen LogP contribution in [0.4, 0.5) is 5.69 Å². The average Bonchev–Trinajstić information content (AvgIpc) is 3.12. The lowest BCUT2D eigenvalue weighted by atomic mass is 10.0. The Balaban J connectivity index is 1.49. The van der Waals surface area contributed by atoms with Crippen molar-refractivity contribution in [1.82, 2.24) is 20.6 Å². The van der Waals surface area contributed by atoms with Gasteiger partial charge in [0.15, 0.2) is 0 Å². The molecule has 0 fully saturated rings. The fourth-order valence-corrected chi connectivity index (χ4v) is 3.74. The van der Waals surface area contributed by atoms with Gasteiger partial charge < -0.3 is 20.9 Å². The van der Waals surface area contributed by atoms with Gasteiger partial charge in [0.2, 0.25) is 11.8 Å². The summed E-state index contributed by atoms with van der Waals surface area (Å²) in [7, 11) is 0. The summed E-state index contributed by atoms with van der Waals surface area (Å²) in [6.45, 7) is 4.13. The molecule has 2 atom stereocenters. The zero-order valence-electron chi connectivity index (χ0n) is 17.4. The van der Waals surface area contributed by atoms with Gasteiger partial charge in [-0.1, -0.05) is 38.1 Å². The molecule has 8 heteroatoms. The first-order valence-electron chi connectivity index (χ1n) is 10.4. The number of amides is 3. The molecule has 0 spiro atoms. The minimum Gasteiger partial charge on any atom is -0.346 e. The summed E-state index contributed by atoms with van der Waals surface area (Å²) >= 11 is 0. The quantitative estimate of drug-likeness (QED) is 0.492. The van der Waals surface area contributed by atoms with Crippen molar-refractivity contribution >= 4 is 34.4 Å². The van der Waals surface area contributed by atoms with Gasteiger partial charge in [-0.15, -0.1) is 0 Å². The number of nitrogens with zero attached hydrogens (tertiary/aromatic N) is 1. The number of aromatic nitrogens is 2. The summed E-state index contributed by atoms with van der Waals surface area (Å²) in [5, 5.41) is 8.36. The van der Waals surface area contributed by atoms with Crippen LogP contribution in [0.2, 0.25) is 0 Å². The van der Waals surface area contributed by atoms with Crippen LogP contribution in [0.15, 0.2) is 48.5 Å². The van der Waals surface area contributed by atoms with Gasteiger partial charge in [-0.3, -0.25) is 14.4 Å². The normalized spacial score (nSPS) is 16.9. The summed E-state index contributed by atoms with van der Waals surface area (Å²) in [5.41, 5.74) is 2.54. The van der Waals surface area contributed by atoms with E-state index < -0.39 is 11.9 Å². The smallest absolute Gasteiger partial charge is 0.254 e. The molecule has 0 saturated heterocycles. The van der Waals surface area contributed by atoms with Crippen molar-refractivity contribution < 1.29 is 14.4 Å². The van der Waals surface area contributed by atoms with E-state index >= 15 is 0 Å². The van der Waals surface area contributed by atoms with Crippen LogP contribution in [0.25, 0.3) is 11.0 Å². The van der Waals surface area contributed by atoms with Crippen molar-refractivity contribution in [3.05, 3.63) is 59.9 Å². The van der Waals surface area contributed by atoms with Crippen LogP contribution in [0.1, 0.15) is 48.9 Å². The van der Waals surface area contributed by atoms with E-state index in [0.717, 1.165) is 11.0 Å². The average molecular weight is 419 g/mol. The molecule has 0 saturated carbocycles. The van der Waals surface area contributed by atoms with E-state index in [1.807, 2.05) is 24.3 Å². The highest BCUT2D eigenvalue weighted by molar-refractivity contribution is 6.10. The second-order valence-electron chi connectivity index (χ2n) is 8.15. The van der Waals surface area contributed by atoms with Gasteiger partial charge >= 0.3 is 0 Å². The maximum Gasteiger partial charge on any atom is 0.254 e. The first-order chi connectivity index (χ1) is 14.9. The highest BCUT2D eigenvalue weighted by Gasteiger charge is 2.30. The third kappa shape index (κ3) is 4.58. The molecule has 0 radical (unpaired) electrons. The molecule has 1 aromatic heterocycles. The SMILES string of the molecule is CC(C)C[C@H](NC(=O)CC1NC(=O)c2ccccc2NC1=O)c1nc2ccccc2[nH]1.